The molecule has 0 aliphatic carbocycles. The van der Waals surface area contributed by atoms with Crippen LogP contribution in [0.15, 0.2) is 22.6 Å². The van der Waals surface area contributed by atoms with Gasteiger partial charge in [-0.1, -0.05) is 0 Å². The van der Waals surface area contributed by atoms with Gasteiger partial charge in [-0.3, -0.25) is 0 Å². The molecule has 0 atom stereocenters. The summed E-state index contributed by atoms with van der Waals surface area (Å²) in [5, 5.41) is 2.31. The zero-order valence-corrected chi connectivity index (χ0v) is 9.49. The van der Waals surface area contributed by atoms with Crippen LogP contribution in [-0.2, 0) is 6.54 Å². The largest absolute Gasteiger partial charge is 0.448 e. The predicted molar refractivity (Wildman–Crippen MR) is 57.3 cm³/mol. The number of rotatable bonds is 3. The molecule has 0 radical (unpaired) electrons. The smallest absolute Gasteiger partial charge is 0.193 e. The first-order valence-electron chi connectivity index (χ1n) is 4.80. The van der Waals surface area contributed by atoms with E-state index in [0.29, 0.717) is 0 Å². The Morgan fingerprint density at radius 3 is 2.17 bits per heavy atom. The molecule has 0 fully saturated rings. The number of anilines is 1. The van der Waals surface area contributed by atoms with E-state index in [2.05, 4.69) is 5.32 Å². The van der Waals surface area contributed by atoms with E-state index in [9.17, 15) is 17.6 Å². The summed E-state index contributed by atoms with van der Waals surface area (Å²) in [7, 11) is 0. The number of benzene rings is 1. The van der Waals surface area contributed by atoms with E-state index in [1.54, 1.807) is 0 Å². The number of nitrogens with one attached hydrogen (secondary N) is 1. The Morgan fingerprint density at radius 1 is 1.06 bits per heavy atom. The molecule has 1 aromatic heterocycles. The maximum Gasteiger partial charge on any atom is 0.193 e. The van der Waals surface area contributed by atoms with Crippen molar-refractivity contribution in [2.45, 2.75) is 6.54 Å². The molecule has 96 valence electrons. The SMILES string of the molecule is Fc1cc(F)c(F)c(NCc2ccc(Cl)o2)c1F. The highest BCUT2D eigenvalue weighted by molar-refractivity contribution is 6.28. The van der Waals surface area contributed by atoms with Gasteiger partial charge in [0.25, 0.3) is 0 Å². The predicted octanol–water partition coefficient (Wildman–Crippen LogP) is 4.10. The maximum atomic E-state index is 13.2. The molecule has 0 saturated carbocycles. The second kappa shape index (κ2) is 4.89. The summed E-state index contributed by atoms with van der Waals surface area (Å²) in [5.74, 6) is -5.68. The molecule has 1 aromatic carbocycles. The molecular weight excluding hydrogens is 274 g/mol. The van der Waals surface area contributed by atoms with Crippen LogP contribution in [-0.4, -0.2) is 0 Å². The number of hydrogen-bond acceptors (Lipinski definition) is 2. The molecule has 0 saturated heterocycles. The van der Waals surface area contributed by atoms with Crippen LogP contribution in [0.25, 0.3) is 0 Å². The summed E-state index contributed by atoms with van der Waals surface area (Å²) in [6, 6.07) is 3.03. The second-order valence-electron chi connectivity index (χ2n) is 3.40. The van der Waals surface area contributed by atoms with E-state index >= 15 is 0 Å². The molecule has 0 bridgehead atoms. The Balaban J connectivity index is 2.24. The van der Waals surface area contributed by atoms with Crippen molar-refractivity contribution in [2.75, 3.05) is 5.32 Å². The fourth-order valence-corrected chi connectivity index (χ4v) is 1.51. The normalized spacial score (nSPS) is 10.7. The van der Waals surface area contributed by atoms with Gasteiger partial charge >= 0.3 is 0 Å². The van der Waals surface area contributed by atoms with E-state index in [-0.39, 0.29) is 23.6 Å². The minimum atomic E-state index is -1.49. The minimum Gasteiger partial charge on any atom is -0.448 e. The average molecular weight is 280 g/mol. The summed E-state index contributed by atoms with van der Waals surface area (Å²) in [5.41, 5.74) is -0.889. The van der Waals surface area contributed by atoms with E-state index in [4.69, 9.17) is 16.0 Å². The Hall–Kier alpha value is -1.69. The first-order valence-corrected chi connectivity index (χ1v) is 5.18. The van der Waals surface area contributed by atoms with Gasteiger partial charge in [0.1, 0.15) is 11.4 Å². The summed E-state index contributed by atoms with van der Waals surface area (Å²) in [6.07, 6.45) is 0. The van der Waals surface area contributed by atoms with Crippen LogP contribution in [0.5, 0.6) is 0 Å². The number of halogens is 5. The molecule has 18 heavy (non-hydrogen) atoms. The van der Waals surface area contributed by atoms with Crippen molar-refractivity contribution in [1.82, 2.24) is 0 Å². The van der Waals surface area contributed by atoms with E-state index in [1.165, 1.54) is 12.1 Å². The van der Waals surface area contributed by atoms with Crippen molar-refractivity contribution in [2.24, 2.45) is 0 Å². The Labute approximate surface area is 104 Å². The summed E-state index contributed by atoms with van der Waals surface area (Å²) < 4.78 is 57.2. The van der Waals surface area contributed by atoms with Gasteiger partial charge < -0.3 is 9.73 Å². The average Bonchev–Trinajstić information content (AvgIpc) is 2.73. The summed E-state index contributed by atoms with van der Waals surface area (Å²) >= 11 is 5.49. The van der Waals surface area contributed by atoms with E-state index in [0.717, 1.165) is 0 Å². The quantitative estimate of drug-likeness (QED) is 0.676. The van der Waals surface area contributed by atoms with Gasteiger partial charge in [-0.2, -0.15) is 0 Å². The van der Waals surface area contributed by atoms with Crippen LogP contribution in [0, 0.1) is 23.3 Å². The first kappa shape index (κ1) is 12.8. The van der Waals surface area contributed by atoms with Gasteiger partial charge in [0, 0.05) is 6.07 Å². The molecule has 7 heteroatoms. The molecule has 2 rings (SSSR count). The molecule has 0 unspecified atom stereocenters. The van der Waals surface area contributed by atoms with Crippen molar-refractivity contribution >= 4 is 17.3 Å². The van der Waals surface area contributed by atoms with Crippen LogP contribution in [0.4, 0.5) is 23.2 Å². The van der Waals surface area contributed by atoms with Gasteiger partial charge in [0.05, 0.1) is 6.54 Å². The summed E-state index contributed by atoms with van der Waals surface area (Å²) in [6.45, 7) is -0.163. The van der Waals surface area contributed by atoms with Gasteiger partial charge in [0.2, 0.25) is 0 Å². The van der Waals surface area contributed by atoms with E-state index < -0.39 is 29.0 Å². The fourth-order valence-electron chi connectivity index (χ4n) is 1.35. The van der Waals surface area contributed by atoms with E-state index in [1.807, 2.05) is 0 Å². The second-order valence-corrected chi connectivity index (χ2v) is 3.78. The highest BCUT2D eigenvalue weighted by Gasteiger charge is 2.19. The van der Waals surface area contributed by atoms with Crippen molar-refractivity contribution in [3.63, 3.8) is 0 Å². The van der Waals surface area contributed by atoms with Crippen LogP contribution >= 0.6 is 11.6 Å². The third kappa shape index (κ3) is 2.43. The Bertz CT molecular complexity index is 558. The van der Waals surface area contributed by atoms with Crippen molar-refractivity contribution in [1.29, 1.82) is 0 Å². The van der Waals surface area contributed by atoms with Crippen molar-refractivity contribution < 1.29 is 22.0 Å². The molecular formula is C11H6ClF4NO. The third-order valence-corrected chi connectivity index (χ3v) is 2.38. The molecule has 0 amide bonds. The lowest BCUT2D eigenvalue weighted by Crippen LogP contribution is -2.06. The summed E-state index contributed by atoms with van der Waals surface area (Å²) in [4.78, 5) is 0. The number of furan rings is 1. The first-order chi connectivity index (χ1) is 8.49. The highest BCUT2D eigenvalue weighted by Crippen LogP contribution is 2.25. The lowest BCUT2D eigenvalue weighted by atomic mass is 10.2. The topological polar surface area (TPSA) is 25.2 Å². The Kier molecular flexibility index (Phi) is 3.47. The minimum absolute atomic E-state index is 0.0955. The van der Waals surface area contributed by atoms with Crippen molar-refractivity contribution in [3.05, 3.63) is 52.4 Å². The third-order valence-electron chi connectivity index (χ3n) is 2.18. The monoisotopic (exact) mass is 279 g/mol. The standard InChI is InChI=1S/C11H6ClF4NO/c12-8-2-1-5(18-8)4-17-11-9(15)6(13)3-7(14)10(11)16/h1-3,17H,4H2. The fraction of sp³-hybridized carbons (Fsp3) is 0.0909. The molecule has 1 N–H and O–H groups in total. The zero-order chi connectivity index (χ0) is 13.3. The van der Waals surface area contributed by atoms with Crippen LogP contribution in [0.3, 0.4) is 0 Å². The van der Waals surface area contributed by atoms with Crippen molar-refractivity contribution in [3.8, 4) is 0 Å². The van der Waals surface area contributed by atoms with Gasteiger partial charge in [-0.05, 0) is 23.7 Å². The lowest BCUT2D eigenvalue weighted by molar-refractivity contribution is 0.456. The van der Waals surface area contributed by atoms with Crippen LogP contribution in [0.2, 0.25) is 5.22 Å². The molecule has 2 nitrogen and oxygen atoms in total. The molecule has 2 aromatic rings. The molecule has 1 heterocycles. The zero-order valence-electron chi connectivity index (χ0n) is 8.74. The molecule has 0 aliphatic rings. The highest BCUT2D eigenvalue weighted by atomic mass is 35.5. The lowest BCUT2D eigenvalue weighted by Gasteiger charge is -2.08. The molecule has 0 aliphatic heterocycles. The van der Waals surface area contributed by atoms with Gasteiger partial charge in [-0.15, -0.1) is 0 Å². The van der Waals surface area contributed by atoms with Crippen LogP contribution in [0.1, 0.15) is 5.76 Å². The van der Waals surface area contributed by atoms with Gasteiger partial charge in [-0.25, -0.2) is 17.6 Å². The maximum absolute atomic E-state index is 13.2. The van der Waals surface area contributed by atoms with Crippen LogP contribution < -0.4 is 5.32 Å². The van der Waals surface area contributed by atoms with Gasteiger partial charge in [0.15, 0.2) is 28.5 Å². The molecule has 0 spiro atoms. The number of hydrogen-bond donors (Lipinski definition) is 1. The Morgan fingerprint density at radius 2 is 1.67 bits per heavy atom.